The molecule has 0 saturated heterocycles. The Morgan fingerprint density at radius 1 is 0.387 bits per heavy atom. The zero-order valence-corrected chi connectivity index (χ0v) is 18.9. The predicted molar refractivity (Wildman–Crippen MR) is 132 cm³/mol. The van der Waals surface area contributed by atoms with Gasteiger partial charge in [-0.3, -0.25) is 0 Å². The molecule has 4 aromatic carbocycles. The third-order valence-corrected chi connectivity index (χ3v) is 6.08. The topological polar surface area (TPSA) is 20.2 Å². The summed E-state index contributed by atoms with van der Waals surface area (Å²) in [6.07, 6.45) is 0. The monoisotopic (exact) mass is 408 g/mol. The standard InChI is InChI=1S/C24H26.C6H6O/c1-23(2,19-11-7-5-8-12-19)21-15-17-22(18-16-21)24(3,4)20-13-9-6-10-14-20;7-6-4-2-1-3-5-6/h5-18H,1-4H3;1-5,7H. The number of hydrogen-bond acceptors (Lipinski definition) is 1. The van der Waals surface area contributed by atoms with Crippen molar-refractivity contribution >= 4 is 0 Å². The molecule has 0 radical (unpaired) electrons. The van der Waals surface area contributed by atoms with Crippen LogP contribution in [0, 0.1) is 0 Å². The van der Waals surface area contributed by atoms with E-state index in [9.17, 15) is 0 Å². The van der Waals surface area contributed by atoms with Crippen molar-refractivity contribution in [1.82, 2.24) is 0 Å². The summed E-state index contributed by atoms with van der Waals surface area (Å²) in [6, 6.07) is 39.3. The summed E-state index contributed by atoms with van der Waals surface area (Å²) >= 11 is 0. The number of benzene rings is 4. The molecular weight excluding hydrogens is 376 g/mol. The van der Waals surface area contributed by atoms with E-state index >= 15 is 0 Å². The van der Waals surface area contributed by atoms with Gasteiger partial charge < -0.3 is 5.11 Å². The smallest absolute Gasteiger partial charge is 0.115 e. The molecule has 0 saturated carbocycles. The Morgan fingerprint density at radius 2 is 0.645 bits per heavy atom. The van der Waals surface area contributed by atoms with E-state index in [0.717, 1.165) is 0 Å². The maximum atomic E-state index is 8.63. The number of phenolic OH excluding ortho intramolecular Hbond substituents is 1. The first kappa shape index (κ1) is 22.4. The van der Waals surface area contributed by atoms with Crippen LogP contribution in [0.15, 0.2) is 115 Å². The fourth-order valence-corrected chi connectivity index (χ4v) is 3.77. The Bertz CT molecular complexity index is 977. The molecule has 0 aromatic heterocycles. The number of aromatic hydroxyl groups is 1. The maximum Gasteiger partial charge on any atom is 0.115 e. The normalized spacial score (nSPS) is 11.4. The molecule has 0 atom stereocenters. The lowest BCUT2D eigenvalue weighted by Crippen LogP contribution is -2.21. The van der Waals surface area contributed by atoms with Crippen molar-refractivity contribution in [2.75, 3.05) is 0 Å². The summed E-state index contributed by atoms with van der Waals surface area (Å²) in [6.45, 7) is 9.17. The lowest BCUT2D eigenvalue weighted by molar-refractivity contribution is 0.475. The SMILES string of the molecule is CC(C)(c1ccccc1)c1ccc(C(C)(C)c2ccccc2)cc1.Oc1ccccc1. The van der Waals surface area contributed by atoms with E-state index in [-0.39, 0.29) is 10.8 Å². The molecule has 31 heavy (non-hydrogen) atoms. The second-order valence-electron chi connectivity index (χ2n) is 8.89. The first-order valence-corrected chi connectivity index (χ1v) is 10.8. The van der Waals surface area contributed by atoms with Gasteiger partial charge in [-0.1, -0.05) is 131 Å². The molecule has 0 unspecified atom stereocenters. The highest BCUT2D eigenvalue weighted by atomic mass is 16.3. The second kappa shape index (κ2) is 9.66. The molecule has 1 N–H and O–H groups in total. The van der Waals surface area contributed by atoms with E-state index in [1.165, 1.54) is 22.3 Å². The Kier molecular flexibility index (Phi) is 6.97. The van der Waals surface area contributed by atoms with Crippen LogP contribution in [-0.2, 0) is 10.8 Å². The number of rotatable bonds is 4. The van der Waals surface area contributed by atoms with Crippen molar-refractivity contribution in [3.63, 3.8) is 0 Å². The predicted octanol–water partition coefficient (Wildman–Crippen LogP) is 7.73. The van der Waals surface area contributed by atoms with E-state index in [1.807, 2.05) is 6.07 Å². The van der Waals surface area contributed by atoms with Gasteiger partial charge in [-0.2, -0.15) is 0 Å². The number of hydrogen-bond donors (Lipinski definition) is 1. The van der Waals surface area contributed by atoms with Crippen molar-refractivity contribution in [3.8, 4) is 5.75 Å². The molecule has 0 bridgehead atoms. The highest BCUT2D eigenvalue weighted by molar-refractivity contribution is 5.43. The number of phenols is 1. The van der Waals surface area contributed by atoms with Gasteiger partial charge in [-0.15, -0.1) is 0 Å². The summed E-state index contributed by atoms with van der Waals surface area (Å²) in [5.74, 6) is 0.322. The average molecular weight is 409 g/mol. The minimum atomic E-state index is 0.0106. The quantitative estimate of drug-likeness (QED) is 0.366. The molecule has 4 rings (SSSR count). The Balaban J connectivity index is 0.000000330. The van der Waals surface area contributed by atoms with Crippen LogP contribution in [-0.4, -0.2) is 5.11 Å². The summed E-state index contributed by atoms with van der Waals surface area (Å²) in [7, 11) is 0. The molecule has 0 amide bonds. The van der Waals surface area contributed by atoms with Crippen molar-refractivity contribution in [3.05, 3.63) is 138 Å². The van der Waals surface area contributed by atoms with Crippen LogP contribution in [0.25, 0.3) is 0 Å². The lowest BCUT2D eigenvalue weighted by Gasteiger charge is -2.29. The molecule has 1 heteroatoms. The molecule has 0 aliphatic heterocycles. The van der Waals surface area contributed by atoms with E-state index in [4.69, 9.17) is 5.11 Å². The Morgan fingerprint density at radius 3 is 0.903 bits per heavy atom. The third kappa shape index (κ3) is 5.44. The molecule has 0 heterocycles. The molecule has 1 nitrogen and oxygen atoms in total. The van der Waals surface area contributed by atoms with Gasteiger partial charge in [0, 0.05) is 10.8 Å². The fraction of sp³-hybridized carbons (Fsp3) is 0.200. The van der Waals surface area contributed by atoms with E-state index < -0.39 is 0 Å². The lowest BCUT2D eigenvalue weighted by atomic mass is 9.75. The van der Waals surface area contributed by atoms with Crippen LogP contribution in [0.1, 0.15) is 49.9 Å². The highest BCUT2D eigenvalue weighted by Crippen LogP contribution is 2.35. The molecule has 0 spiro atoms. The Labute approximate surface area is 187 Å². The van der Waals surface area contributed by atoms with Crippen molar-refractivity contribution < 1.29 is 5.11 Å². The largest absolute Gasteiger partial charge is 0.508 e. The summed E-state index contributed by atoms with van der Waals surface area (Å²) in [5, 5.41) is 8.63. The third-order valence-electron chi connectivity index (χ3n) is 6.08. The highest BCUT2D eigenvalue weighted by Gasteiger charge is 2.26. The van der Waals surface area contributed by atoms with Crippen LogP contribution in [0.2, 0.25) is 0 Å². The van der Waals surface area contributed by atoms with Gasteiger partial charge in [0.1, 0.15) is 5.75 Å². The van der Waals surface area contributed by atoms with Gasteiger partial charge in [0.2, 0.25) is 0 Å². The van der Waals surface area contributed by atoms with E-state index in [2.05, 4.69) is 113 Å². The molecule has 0 fully saturated rings. The first-order chi connectivity index (χ1) is 14.8. The average Bonchev–Trinajstić information content (AvgIpc) is 2.81. The molecule has 4 aromatic rings. The molecular formula is C30H32O. The van der Waals surface area contributed by atoms with E-state index in [1.54, 1.807) is 24.3 Å². The summed E-state index contributed by atoms with van der Waals surface area (Å²) in [4.78, 5) is 0. The zero-order valence-electron chi connectivity index (χ0n) is 18.9. The first-order valence-electron chi connectivity index (χ1n) is 10.8. The van der Waals surface area contributed by atoms with Crippen LogP contribution in [0.4, 0.5) is 0 Å². The minimum Gasteiger partial charge on any atom is -0.508 e. The Hall–Kier alpha value is -3.32. The molecule has 158 valence electrons. The van der Waals surface area contributed by atoms with Gasteiger partial charge in [-0.05, 0) is 34.4 Å². The fourth-order valence-electron chi connectivity index (χ4n) is 3.77. The van der Waals surface area contributed by atoms with Gasteiger partial charge >= 0.3 is 0 Å². The molecule has 0 aliphatic rings. The minimum absolute atomic E-state index is 0.0106. The zero-order chi connectivity index (χ0) is 22.3. The number of para-hydroxylation sites is 1. The maximum absolute atomic E-state index is 8.63. The van der Waals surface area contributed by atoms with Crippen molar-refractivity contribution in [1.29, 1.82) is 0 Å². The van der Waals surface area contributed by atoms with Gasteiger partial charge in [-0.25, -0.2) is 0 Å². The van der Waals surface area contributed by atoms with Crippen LogP contribution >= 0.6 is 0 Å². The van der Waals surface area contributed by atoms with Crippen molar-refractivity contribution in [2.45, 2.75) is 38.5 Å². The van der Waals surface area contributed by atoms with Crippen LogP contribution in [0.5, 0.6) is 5.75 Å². The van der Waals surface area contributed by atoms with Gasteiger partial charge in [0.05, 0.1) is 0 Å². The van der Waals surface area contributed by atoms with E-state index in [0.29, 0.717) is 5.75 Å². The summed E-state index contributed by atoms with van der Waals surface area (Å²) < 4.78 is 0. The van der Waals surface area contributed by atoms with Gasteiger partial charge in [0.25, 0.3) is 0 Å². The van der Waals surface area contributed by atoms with Gasteiger partial charge in [0.15, 0.2) is 0 Å². The van der Waals surface area contributed by atoms with Crippen molar-refractivity contribution in [2.24, 2.45) is 0 Å². The summed E-state index contributed by atoms with van der Waals surface area (Å²) in [5.41, 5.74) is 5.41. The molecule has 0 aliphatic carbocycles. The second-order valence-corrected chi connectivity index (χ2v) is 8.89. The van der Waals surface area contributed by atoms with Crippen LogP contribution in [0.3, 0.4) is 0 Å². The van der Waals surface area contributed by atoms with Crippen LogP contribution < -0.4 is 0 Å².